The highest BCUT2D eigenvalue weighted by molar-refractivity contribution is 5.95. The molecule has 1 aliphatic rings. The molecule has 108 valence electrons. The second-order valence-electron chi connectivity index (χ2n) is 6.18. The van der Waals surface area contributed by atoms with Crippen molar-refractivity contribution in [2.24, 2.45) is 5.41 Å². The van der Waals surface area contributed by atoms with Crippen molar-refractivity contribution in [1.29, 1.82) is 0 Å². The van der Waals surface area contributed by atoms with Crippen LogP contribution in [0.3, 0.4) is 0 Å². The van der Waals surface area contributed by atoms with Gasteiger partial charge in [-0.05, 0) is 30.0 Å². The summed E-state index contributed by atoms with van der Waals surface area (Å²) in [5.74, 6) is -0.599. The highest BCUT2D eigenvalue weighted by atomic mass is 16.3. The van der Waals surface area contributed by atoms with Crippen molar-refractivity contribution in [3.8, 4) is 11.5 Å². The van der Waals surface area contributed by atoms with Gasteiger partial charge in [0, 0.05) is 18.7 Å². The van der Waals surface area contributed by atoms with E-state index in [-0.39, 0.29) is 22.8 Å². The third-order valence-electron chi connectivity index (χ3n) is 3.68. The molecule has 4 nitrogen and oxygen atoms in total. The molecule has 0 aromatic heterocycles. The van der Waals surface area contributed by atoms with Crippen molar-refractivity contribution in [2.75, 3.05) is 13.1 Å². The fourth-order valence-corrected chi connectivity index (χ4v) is 2.37. The van der Waals surface area contributed by atoms with Gasteiger partial charge in [-0.25, -0.2) is 0 Å². The fraction of sp³-hybridized carbons (Fsp3) is 0.438. The first-order valence-corrected chi connectivity index (χ1v) is 6.80. The molecule has 0 radical (unpaired) electrons. The van der Waals surface area contributed by atoms with Gasteiger partial charge in [0.2, 0.25) is 0 Å². The van der Waals surface area contributed by atoms with Gasteiger partial charge in [-0.3, -0.25) is 4.79 Å². The Bertz CT molecular complexity index is 555. The third-order valence-corrected chi connectivity index (χ3v) is 3.68. The Morgan fingerprint density at radius 2 is 1.90 bits per heavy atom. The Labute approximate surface area is 119 Å². The Hall–Kier alpha value is -1.97. The molecule has 0 saturated carbocycles. The van der Waals surface area contributed by atoms with E-state index in [0.717, 1.165) is 6.42 Å². The van der Waals surface area contributed by atoms with Gasteiger partial charge >= 0.3 is 0 Å². The van der Waals surface area contributed by atoms with Crippen molar-refractivity contribution < 1.29 is 15.0 Å². The lowest BCUT2D eigenvalue weighted by Crippen LogP contribution is -2.36. The van der Waals surface area contributed by atoms with Crippen LogP contribution >= 0.6 is 0 Å². The number of amides is 1. The Morgan fingerprint density at radius 3 is 2.40 bits per heavy atom. The summed E-state index contributed by atoms with van der Waals surface area (Å²) in [5, 5.41) is 18.7. The number of carbonyl (C=O) groups excluding carboxylic acids is 1. The van der Waals surface area contributed by atoms with Gasteiger partial charge in [0.25, 0.3) is 5.91 Å². The molecule has 1 aromatic carbocycles. The van der Waals surface area contributed by atoms with Crippen molar-refractivity contribution >= 4 is 5.91 Å². The van der Waals surface area contributed by atoms with E-state index in [2.05, 4.69) is 26.8 Å². The zero-order valence-electron chi connectivity index (χ0n) is 12.2. The molecule has 1 heterocycles. The smallest absolute Gasteiger partial charge is 0.254 e. The number of rotatable bonds is 1. The minimum atomic E-state index is -0.265. The molecule has 2 N–H and O–H groups in total. The van der Waals surface area contributed by atoms with Gasteiger partial charge in [-0.1, -0.05) is 32.4 Å². The molecule has 0 bridgehead atoms. The van der Waals surface area contributed by atoms with Crippen LogP contribution in [0.5, 0.6) is 11.5 Å². The van der Waals surface area contributed by atoms with E-state index in [9.17, 15) is 15.0 Å². The van der Waals surface area contributed by atoms with Crippen molar-refractivity contribution in [3.63, 3.8) is 0 Å². The molecular weight excluding hydrogens is 254 g/mol. The summed E-state index contributed by atoms with van der Waals surface area (Å²) >= 11 is 0. The predicted octanol–water partition coefficient (Wildman–Crippen LogP) is 2.92. The molecule has 0 spiro atoms. The average molecular weight is 275 g/mol. The number of benzene rings is 1. The fourth-order valence-electron chi connectivity index (χ4n) is 2.37. The molecule has 0 aliphatic carbocycles. The van der Waals surface area contributed by atoms with Crippen LogP contribution in [-0.4, -0.2) is 34.1 Å². The van der Waals surface area contributed by atoms with E-state index in [1.165, 1.54) is 23.8 Å². The van der Waals surface area contributed by atoms with Gasteiger partial charge in [0.1, 0.15) is 0 Å². The van der Waals surface area contributed by atoms with Crippen LogP contribution in [-0.2, 0) is 0 Å². The van der Waals surface area contributed by atoms with E-state index in [1.54, 1.807) is 4.90 Å². The van der Waals surface area contributed by atoms with Crippen molar-refractivity contribution in [3.05, 3.63) is 35.4 Å². The molecule has 2 rings (SSSR count). The number of hydrogen-bond acceptors (Lipinski definition) is 3. The average Bonchev–Trinajstić information content (AvgIpc) is 2.40. The Morgan fingerprint density at radius 1 is 1.20 bits per heavy atom. The molecule has 1 aliphatic heterocycles. The second kappa shape index (κ2) is 5.19. The van der Waals surface area contributed by atoms with E-state index in [4.69, 9.17) is 0 Å². The first kappa shape index (κ1) is 14.4. The van der Waals surface area contributed by atoms with Crippen LogP contribution in [0.25, 0.3) is 0 Å². The highest BCUT2D eigenvalue weighted by Crippen LogP contribution is 2.31. The highest BCUT2D eigenvalue weighted by Gasteiger charge is 2.24. The van der Waals surface area contributed by atoms with Crippen molar-refractivity contribution in [1.82, 2.24) is 4.90 Å². The summed E-state index contributed by atoms with van der Waals surface area (Å²) in [7, 11) is 0. The summed E-state index contributed by atoms with van der Waals surface area (Å²) in [6.45, 7) is 7.80. The molecule has 0 atom stereocenters. The zero-order valence-corrected chi connectivity index (χ0v) is 12.2. The van der Waals surface area contributed by atoms with Crippen LogP contribution in [0.1, 0.15) is 37.6 Å². The number of phenols is 2. The summed E-state index contributed by atoms with van der Waals surface area (Å²) in [5.41, 5.74) is 1.91. The van der Waals surface area contributed by atoms with Gasteiger partial charge in [-0.2, -0.15) is 0 Å². The first-order chi connectivity index (χ1) is 9.29. The number of nitrogens with zero attached hydrogens (tertiary/aromatic N) is 1. The lowest BCUT2D eigenvalue weighted by Gasteiger charge is -2.32. The van der Waals surface area contributed by atoms with E-state index in [0.29, 0.717) is 18.7 Å². The van der Waals surface area contributed by atoms with E-state index < -0.39 is 0 Å². The summed E-state index contributed by atoms with van der Waals surface area (Å²) in [6.07, 6.45) is 2.99. The molecule has 20 heavy (non-hydrogen) atoms. The van der Waals surface area contributed by atoms with E-state index >= 15 is 0 Å². The molecule has 1 aromatic rings. The minimum Gasteiger partial charge on any atom is -0.504 e. The van der Waals surface area contributed by atoms with E-state index in [1.807, 2.05) is 0 Å². The molecular formula is C16H21NO3. The standard InChI is InChI=1S/C16H21NO3/c1-16(2,3)12-6-8-17(9-7-12)15(20)11-4-5-13(18)14(19)10-11/h4-6,10,18-19H,7-9H2,1-3H3. The summed E-state index contributed by atoms with van der Waals surface area (Å²) in [4.78, 5) is 14.1. The lowest BCUT2D eigenvalue weighted by atomic mass is 9.83. The SMILES string of the molecule is CC(C)(C)C1=CCN(C(=O)c2ccc(O)c(O)c2)CC1. The number of aromatic hydroxyl groups is 2. The van der Waals surface area contributed by atoms with Crippen LogP contribution in [0.4, 0.5) is 0 Å². The van der Waals surface area contributed by atoms with Crippen LogP contribution < -0.4 is 0 Å². The topological polar surface area (TPSA) is 60.8 Å². The monoisotopic (exact) mass is 275 g/mol. The van der Waals surface area contributed by atoms with Crippen molar-refractivity contribution in [2.45, 2.75) is 27.2 Å². The number of phenolic OH excluding ortho intramolecular Hbond substituents is 2. The van der Waals surface area contributed by atoms with Crippen LogP contribution in [0.15, 0.2) is 29.8 Å². The van der Waals surface area contributed by atoms with Gasteiger partial charge < -0.3 is 15.1 Å². The largest absolute Gasteiger partial charge is 0.504 e. The summed E-state index contributed by atoms with van der Waals surface area (Å²) < 4.78 is 0. The maximum atomic E-state index is 12.3. The van der Waals surface area contributed by atoms with Crippen LogP contribution in [0, 0.1) is 5.41 Å². The zero-order chi connectivity index (χ0) is 14.9. The normalized spacial score (nSPS) is 15.9. The second-order valence-corrected chi connectivity index (χ2v) is 6.18. The molecule has 4 heteroatoms. The van der Waals surface area contributed by atoms with Crippen LogP contribution in [0.2, 0.25) is 0 Å². The Balaban J connectivity index is 2.12. The third kappa shape index (κ3) is 2.95. The molecule has 0 saturated heterocycles. The molecule has 0 fully saturated rings. The maximum Gasteiger partial charge on any atom is 0.254 e. The molecule has 1 amide bonds. The summed E-state index contributed by atoms with van der Waals surface area (Å²) in [6, 6.07) is 4.17. The Kier molecular flexibility index (Phi) is 3.75. The quantitative estimate of drug-likeness (QED) is 0.612. The number of hydrogen-bond donors (Lipinski definition) is 2. The molecule has 0 unspecified atom stereocenters. The lowest BCUT2D eigenvalue weighted by molar-refractivity contribution is 0.0764. The minimum absolute atomic E-state index is 0.121. The number of carbonyl (C=O) groups is 1. The maximum absolute atomic E-state index is 12.3. The van der Waals surface area contributed by atoms with Gasteiger partial charge in [0.15, 0.2) is 11.5 Å². The first-order valence-electron chi connectivity index (χ1n) is 6.80. The van der Waals surface area contributed by atoms with Gasteiger partial charge in [0.05, 0.1) is 0 Å². The predicted molar refractivity (Wildman–Crippen MR) is 77.8 cm³/mol. The van der Waals surface area contributed by atoms with Gasteiger partial charge in [-0.15, -0.1) is 0 Å².